The number of nitrogen functional groups attached to an aromatic ring is 1. The summed E-state index contributed by atoms with van der Waals surface area (Å²) in [6.07, 6.45) is -3.75. The molecule has 0 bridgehead atoms. The molecule has 0 saturated carbocycles. The van der Waals surface area contributed by atoms with Crippen molar-refractivity contribution in [2.45, 2.75) is 23.9 Å². The maximum Gasteiger partial charge on any atom is 0.511 e. The van der Waals surface area contributed by atoms with E-state index in [0.717, 1.165) is 6.20 Å². The van der Waals surface area contributed by atoms with Crippen molar-refractivity contribution < 1.29 is 30.1 Å². The molecule has 2 rings (SSSR count). The first-order chi connectivity index (χ1) is 9.34. The molecule has 2 heterocycles. The van der Waals surface area contributed by atoms with Crippen LogP contribution < -0.4 is 11.4 Å². The van der Waals surface area contributed by atoms with Crippen LogP contribution in [-0.2, 0) is 10.4 Å². The topological polar surface area (TPSA) is 171 Å². The first-order valence-electron chi connectivity index (χ1n) is 5.71. The van der Waals surface area contributed by atoms with Gasteiger partial charge in [-0.25, -0.2) is 4.79 Å². The molecule has 1 aromatic rings. The fourth-order valence-electron chi connectivity index (χ4n) is 2.19. The molecular weight excluding hydrogens is 273 g/mol. The number of aromatic nitrogens is 2. The van der Waals surface area contributed by atoms with Gasteiger partial charge in [0.1, 0.15) is 24.1 Å². The lowest BCUT2D eigenvalue weighted by Crippen LogP contribution is -2.60. The van der Waals surface area contributed by atoms with Crippen LogP contribution in [0.5, 0.6) is 0 Å². The number of ether oxygens (including phenoxy) is 1. The lowest BCUT2D eigenvalue weighted by Gasteiger charge is -2.32. The van der Waals surface area contributed by atoms with Crippen molar-refractivity contribution >= 4 is 12.9 Å². The van der Waals surface area contributed by atoms with E-state index in [0.29, 0.717) is 4.57 Å². The van der Waals surface area contributed by atoms with E-state index in [1.165, 1.54) is 6.07 Å². The largest absolute Gasteiger partial charge is 0.511 e. The number of hydrogen-bond acceptors (Lipinski definition) is 9. The Kier molecular flexibility index (Phi) is 3.82. The molecule has 1 aliphatic rings. The Hall–Kier alpha value is -1.50. The summed E-state index contributed by atoms with van der Waals surface area (Å²) in [4.78, 5) is 15.2. The molecule has 1 saturated heterocycles. The van der Waals surface area contributed by atoms with Crippen LogP contribution in [0.4, 0.5) is 5.82 Å². The molecule has 1 fully saturated rings. The van der Waals surface area contributed by atoms with Crippen LogP contribution in [0.2, 0.25) is 0 Å². The van der Waals surface area contributed by atoms with Gasteiger partial charge >= 0.3 is 12.8 Å². The van der Waals surface area contributed by atoms with Gasteiger partial charge in [0.25, 0.3) is 0 Å². The highest BCUT2D eigenvalue weighted by Crippen LogP contribution is 2.35. The lowest BCUT2D eigenvalue weighted by molar-refractivity contribution is -0.110. The molecule has 0 radical (unpaired) electrons. The van der Waals surface area contributed by atoms with E-state index in [9.17, 15) is 25.1 Å². The molecule has 10 nitrogen and oxygen atoms in total. The average Bonchev–Trinajstić information content (AvgIpc) is 2.64. The van der Waals surface area contributed by atoms with E-state index in [-0.39, 0.29) is 5.82 Å². The standard InChI is InChI=1S/C9H14BN3O7/c11-5-1-2-13(8(17)12-5)9(10(18)19)7(16)6(15)4(3-14)20-9/h1-2,4,6-7,14-16,18-19H,3H2,(H2,11,12,17)/t4-,6-,7-,9+/m1/s1. The highest BCUT2D eigenvalue weighted by molar-refractivity contribution is 6.44. The molecule has 7 N–H and O–H groups in total. The van der Waals surface area contributed by atoms with Gasteiger partial charge in [0, 0.05) is 6.20 Å². The van der Waals surface area contributed by atoms with Gasteiger partial charge in [-0.3, -0.25) is 4.57 Å². The van der Waals surface area contributed by atoms with Gasteiger partial charge in [-0.05, 0) is 6.07 Å². The van der Waals surface area contributed by atoms with Gasteiger partial charge in [0.2, 0.25) is 5.62 Å². The van der Waals surface area contributed by atoms with Crippen LogP contribution >= 0.6 is 0 Å². The van der Waals surface area contributed by atoms with E-state index >= 15 is 0 Å². The second-order valence-corrected chi connectivity index (χ2v) is 4.40. The Morgan fingerprint density at radius 3 is 2.60 bits per heavy atom. The predicted octanol–water partition coefficient (Wildman–Crippen LogP) is -4.40. The molecule has 0 spiro atoms. The Labute approximate surface area is 112 Å². The van der Waals surface area contributed by atoms with Crippen molar-refractivity contribution in [1.29, 1.82) is 0 Å². The molecule has 0 aromatic carbocycles. The van der Waals surface area contributed by atoms with Gasteiger partial charge in [0.15, 0.2) is 0 Å². The average molecular weight is 287 g/mol. The van der Waals surface area contributed by atoms with Crippen LogP contribution in [0, 0.1) is 0 Å². The van der Waals surface area contributed by atoms with Crippen molar-refractivity contribution in [3.8, 4) is 0 Å². The number of nitrogens with zero attached hydrogens (tertiary/aromatic N) is 2. The van der Waals surface area contributed by atoms with Gasteiger partial charge in [-0.15, -0.1) is 0 Å². The van der Waals surface area contributed by atoms with E-state index in [4.69, 9.17) is 15.6 Å². The smallest absolute Gasteiger partial charge is 0.424 e. The first-order valence-corrected chi connectivity index (χ1v) is 5.71. The van der Waals surface area contributed by atoms with Crippen molar-refractivity contribution in [3.63, 3.8) is 0 Å². The summed E-state index contributed by atoms with van der Waals surface area (Å²) in [5, 5.41) is 47.8. The minimum absolute atomic E-state index is 0.111. The molecule has 0 amide bonds. The fraction of sp³-hybridized carbons (Fsp3) is 0.556. The monoisotopic (exact) mass is 287 g/mol. The van der Waals surface area contributed by atoms with Crippen molar-refractivity contribution in [2.75, 3.05) is 12.3 Å². The lowest BCUT2D eigenvalue weighted by atomic mass is 9.71. The van der Waals surface area contributed by atoms with E-state index < -0.39 is 43.4 Å². The molecular formula is C9H14BN3O7. The van der Waals surface area contributed by atoms with E-state index in [1.807, 2.05) is 0 Å². The maximum atomic E-state index is 11.8. The van der Waals surface area contributed by atoms with Crippen LogP contribution in [0.15, 0.2) is 17.1 Å². The number of aliphatic hydroxyl groups excluding tert-OH is 3. The second kappa shape index (κ2) is 5.12. The van der Waals surface area contributed by atoms with Crippen LogP contribution in [0.3, 0.4) is 0 Å². The second-order valence-electron chi connectivity index (χ2n) is 4.40. The van der Waals surface area contributed by atoms with E-state index in [2.05, 4.69) is 4.98 Å². The summed E-state index contributed by atoms with van der Waals surface area (Å²) >= 11 is 0. The molecule has 0 aliphatic carbocycles. The highest BCUT2D eigenvalue weighted by atomic mass is 16.6. The number of rotatable bonds is 3. The van der Waals surface area contributed by atoms with Gasteiger partial charge in [-0.1, -0.05) is 0 Å². The third-order valence-corrected chi connectivity index (χ3v) is 3.22. The number of aliphatic hydroxyl groups is 3. The number of anilines is 1. The zero-order chi connectivity index (χ0) is 15.1. The first kappa shape index (κ1) is 14.9. The summed E-state index contributed by atoms with van der Waals surface area (Å²) in [6, 6.07) is 1.18. The summed E-state index contributed by atoms with van der Waals surface area (Å²) in [5.74, 6) is -0.111. The number of hydrogen-bond donors (Lipinski definition) is 6. The highest BCUT2D eigenvalue weighted by Gasteiger charge is 2.62. The Morgan fingerprint density at radius 2 is 2.15 bits per heavy atom. The molecule has 1 aromatic heterocycles. The molecule has 11 heteroatoms. The van der Waals surface area contributed by atoms with Crippen LogP contribution in [0.1, 0.15) is 0 Å². The molecule has 4 atom stereocenters. The number of nitrogens with two attached hydrogens (primary N) is 1. The van der Waals surface area contributed by atoms with Gasteiger partial charge < -0.3 is 35.8 Å². The fourth-order valence-corrected chi connectivity index (χ4v) is 2.19. The van der Waals surface area contributed by atoms with Gasteiger partial charge in [-0.2, -0.15) is 4.98 Å². The van der Waals surface area contributed by atoms with Crippen LogP contribution in [0.25, 0.3) is 0 Å². The molecule has 0 unspecified atom stereocenters. The quantitative estimate of drug-likeness (QED) is 0.300. The predicted molar refractivity (Wildman–Crippen MR) is 65.0 cm³/mol. The molecule has 20 heavy (non-hydrogen) atoms. The summed E-state index contributed by atoms with van der Waals surface area (Å²) < 4.78 is 5.73. The molecule has 110 valence electrons. The maximum absolute atomic E-state index is 11.8. The van der Waals surface area contributed by atoms with Gasteiger partial charge in [0.05, 0.1) is 6.61 Å². The third-order valence-electron chi connectivity index (χ3n) is 3.22. The minimum Gasteiger partial charge on any atom is -0.424 e. The molecule has 1 aliphatic heterocycles. The summed E-state index contributed by atoms with van der Waals surface area (Å²) in [6.45, 7) is -0.691. The SMILES string of the molecule is Nc1ccn([C@]2(B(O)O)O[C@H](CO)[C@@H](O)[C@H]2O)c(=O)n1. The Morgan fingerprint density at radius 1 is 1.50 bits per heavy atom. The van der Waals surface area contributed by atoms with Crippen LogP contribution in [-0.4, -0.2) is 67.0 Å². The normalized spacial score (nSPS) is 33.4. The summed E-state index contributed by atoms with van der Waals surface area (Å²) in [7, 11) is -2.35. The minimum atomic E-state index is -2.38. The third kappa shape index (κ3) is 2.00. The summed E-state index contributed by atoms with van der Waals surface area (Å²) in [5.41, 5.74) is 1.92. The Balaban J connectivity index is 2.59. The van der Waals surface area contributed by atoms with Crippen molar-refractivity contribution in [3.05, 3.63) is 22.7 Å². The van der Waals surface area contributed by atoms with Crippen molar-refractivity contribution in [1.82, 2.24) is 9.55 Å². The zero-order valence-corrected chi connectivity index (χ0v) is 10.2. The zero-order valence-electron chi connectivity index (χ0n) is 10.2. The van der Waals surface area contributed by atoms with Crippen molar-refractivity contribution in [2.24, 2.45) is 0 Å². The van der Waals surface area contributed by atoms with E-state index in [1.54, 1.807) is 0 Å². The Bertz CT molecular complexity index is 553.